The van der Waals surface area contributed by atoms with E-state index in [1.54, 1.807) is 0 Å². The fraction of sp³-hybridized carbons (Fsp3) is 0.471. The molecule has 2 amide bonds. The van der Waals surface area contributed by atoms with Crippen LogP contribution in [-0.4, -0.2) is 34.0 Å². The van der Waals surface area contributed by atoms with Crippen molar-refractivity contribution in [2.45, 2.75) is 45.9 Å². The van der Waals surface area contributed by atoms with Gasteiger partial charge in [0.15, 0.2) is 0 Å². The lowest BCUT2D eigenvalue weighted by Crippen LogP contribution is -2.37. The van der Waals surface area contributed by atoms with Crippen LogP contribution in [0.2, 0.25) is 5.15 Å². The van der Waals surface area contributed by atoms with Gasteiger partial charge in [-0.2, -0.15) is 18.2 Å². The fourth-order valence-corrected chi connectivity index (χ4v) is 2.62. The van der Waals surface area contributed by atoms with Crippen molar-refractivity contribution >= 4 is 29.2 Å². The Bertz CT molecular complexity index is 801. The number of alkyl halides is 3. The van der Waals surface area contributed by atoms with Gasteiger partial charge in [-0.3, -0.25) is 15.0 Å². The number of imide groups is 1. The topological polar surface area (TPSA) is 71.5 Å². The number of ether oxygens (including phenoxy) is 1. The van der Waals surface area contributed by atoms with E-state index in [-0.39, 0.29) is 35.6 Å². The van der Waals surface area contributed by atoms with Gasteiger partial charge in [0.05, 0.1) is 17.8 Å². The maximum Gasteiger partial charge on any atom is 0.419 e. The van der Waals surface area contributed by atoms with E-state index in [2.05, 4.69) is 10.4 Å². The van der Waals surface area contributed by atoms with Crippen LogP contribution in [-0.2, 0) is 20.5 Å². The number of aromatic nitrogens is 1. The van der Waals surface area contributed by atoms with Crippen LogP contribution < -0.4 is 5.43 Å². The van der Waals surface area contributed by atoms with Crippen LogP contribution in [0.4, 0.5) is 19.0 Å². The number of carbonyl (C=O) groups excluding carboxylic acids is 2. The Morgan fingerprint density at radius 3 is 2.33 bits per heavy atom. The molecule has 2 heterocycles. The maximum absolute atomic E-state index is 12.7. The molecule has 0 saturated heterocycles. The second-order valence-electron chi connectivity index (χ2n) is 6.90. The van der Waals surface area contributed by atoms with Crippen molar-refractivity contribution < 1.29 is 27.5 Å². The molecule has 6 nitrogen and oxygen atoms in total. The van der Waals surface area contributed by atoms with E-state index in [0.29, 0.717) is 5.01 Å². The van der Waals surface area contributed by atoms with Crippen LogP contribution in [0.1, 0.15) is 39.7 Å². The summed E-state index contributed by atoms with van der Waals surface area (Å²) >= 11 is 5.55. The van der Waals surface area contributed by atoms with Gasteiger partial charge in [0, 0.05) is 17.6 Å². The highest BCUT2D eigenvalue weighted by Gasteiger charge is 2.37. The molecule has 10 heteroatoms. The van der Waals surface area contributed by atoms with Gasteiger partial charge < -0.3 is 4.74 Å². The van der Waals surface area contributed by atoms with Gasteiger partial charge in [0.2, 0.25) is 0 Å². The number of hydrogen-bond acceptors (Lipinski definition) is 5. The molecule has 0 unspecified atom stereocenters. The van der Waals surface area contributed by atoms with Crippen LogP contribution in [0.25, 0.3) is 0 Å². The zero-order chi connectivity index (χ0) is 20.6. The molecule has 0 bridgehead atoms. The number of halogens is 4. The minimum Gasteiger partial charge on any atom is -0.376 e. The van der Waals surface area contributed by atoms with E-state index in [9.17, 15) is 22.8 Å². The molecule has 0 fully saturated rings. The number of rotatable bonds is 5. The average molecular weight is 406 g/mol. The van der Waals surface area contributed by atoms with Gasteiger partial charge in [0.25, 0.3) is 11.8 Å². The molecule has 1 aliphatic rings. The fourth-order valence-electron chi connectivity index (χ4n) is 2.36. The Morgan fingerprint density at radius 1 is 1.19 bits per heavy atom. The summed E-state index contributed by atoms with van der Waals surface area (Å²) in [4.78, 5) is 28.4. The van der Waals surface area contributed by atoms with Crippen molar-refractivity contribution in [1.82, 2.24) is 9.99 Å². The highest BCUT2D eigenvalue weighted by molar-refractivity contribution is 6.30. The zero-order valence-electron chi connectivity index (χ0n) is 15.2. The highest BCUT2D eigenvalue weighted by Crippen LogP contribution is 2.34. The Hall–Kier alpha value is -2.13. The van der Waals surface area contributed by atoms with E-state index in [1.165, 1.54) is 6.92 Å². The van der Waals surface area contributed by atoms with E-state index >= 15 is 0 Å². The Balaban J connectivity index is 2.12. The summed E-state index contributed by atoms with van der Waals surface area (Å²) in [6.45, 7) is 7.34. The van der Waals surface area contributed by atoms with Crippen molar-refractivity contribution in [2.24, 2.45) is 0 Å². The average Bonchev–Trinajstić information content (AvgIpc) is 2.70. The number of carbonyl (C=O) groups is 2. The van der Waals surface area contributed by atoms with E-state index in [0.717, 1.165) is 12.1 Å². The maximum atomic E-state index is 12.7. The van der Waals surface area contributed by atoms with Crippen molar-refractivity contribution in [3.63, 3.8) is 0 Å². The molecule has 0 spiro atoms. The van der Waals surface area contributed by atoms with Crippen LogP contribution in [0.3, 0.4) is 0 Å². The van der Waals surface area contributed by atoms with Gasteiger partial charge in [-0.25, -0.2) is 4.98 Å². The summed E-state index contributed by atoms with van der Waals surface area (Å²) in [6, 6.07) is 1.71. The highest BCUT2D eigenvalue weighted by atomic mass is 35.5. The zero-order valence-corrected chi connectivity index (χ0v) is 16.0. The first-order valence-electron chi connectivity index (χ1n) is 8.04. The minimum atomic E-state index is -4.65. The first-order chi connectivity index (χ1) is 12.3. The van der Waals surface area contributed by atoms with E-state index in [1.807, 2.05) is 20.8 Å². The normalized spacial score (nSPS) is 15.8. The number of pyridine rings is 1. The molecule has 1 N–H and O–H groups in total. The van der Waals surface area contributed by atoms with Gasteiger partial charge in [-0.15, -0.1) is 0 Å². The van der Waals surface area contributed by atoms with Crippen molar-refractivity contribution in [2.75, 3.05) is 12.0 Å². The van der Waals surface area contributed by atoms with Gasteiger partial charge in [0.1, 0.15) is 11.0 Å². The Labute approximate surface area is 159 Å². The lowest BCUT2D eigenvalue weighted by molar-refractivity contribution is -0.138. The summed E-state index contributed by atoms with van der Waals surface area (Å²) in [5, 5.41) is -0.0803. The Kier molecular flexibility index (Phi) is 5.86. The molecule has 0 atom stereocenters. The monoisotopic (exact) mass is 405 g/mol. The molecule has 1 aromatic rings. The largest absolute Gasteiger partial charge is 0.419 e. The minimum absolute atomic E-state index is 0.158. The molecular weight excluding hydrogens is 387 g/mol. The van der Waals surface area contributed by atoms with Crippen LogP contribution in [0.15, 0.2) is 23.3 Å². The van der Waals surface area contributed by atoms with Crippen LogP contribution in [0, 0.1) is 0 Å². The molecule has 1 aliphatic heterocycles. The smallest absolute Gasteiger partial charge is 0.376 e. The molecule has 0 aliphatic carbocycles. The molecule has 2 rings (SSSR count). The first kappa shape index (κ1) is 21.2. The lowest BCUT2D eigenvalue weighted by Gasteiger charge is -2.20. The summed E-state index contributed by atoms with van der Waals surface area (Å²) in [5.41, 5.74) is 1.43. The quantitative estimate of drug-likeness (QED) is 0.592. The standard InChI is InChI=1S/C17H19ClF3N3O3/c1-9-10(7-8-27-16(2,3)4)15(26)24(14(9)25)23-12-6-5-11(13(18)22-12)17(19,20)21/h5-6H,7-8H2,1-4H3,(H,22,23). The summed E-state index contributed by atoms with van der Waals surface area (Å²) in [5.74, 6) is -1.37. The second kappa shape index (κ2) is 7.47. The molecule has 148 valence electrons. The lowest BCUT2D eigenvalue weighted by atomic mass is 10.1. The predicted molar refractivity (Wildman–Crippen MR) is 92.7 cm³/mol. The number of hydrogen-bond donors (Lipinski definition) is 1. The van der Waals surface area contributed by atoms with E-state index in [4.69, 9.17) is 16.3 Å². The van der Waals surface area contributed by atoms with Gasteiger partial charge >= 0.3 is 6.18 Å². The number of hydrazine groups is 1. The number of anilines is 1. The van der Waals surface area contributed by atoms with Crippen molar-refractivity contribution in [3.8, 4) is 0 Å². The predicted octanol–water partition coefficient (Wildman–Crippen LogP) is 3.97. The third-order valence-corrected chi connectivity index (χ3v) is 3.99. The second-order valence-corrected chi connectivity index (χ2v) is 7.26. The Morgan fingerprint density at radius 2 is 1.81 bits per heavy atom. The summed E-state index contributed by atoms with van der Waals surface area (Å²) in [6.07, 6.45) is -4.42. The summed E-state index contributed by atoms with van der Waals surface area (Å²) in [7, 11) is 0. The van der Waals surface area contributed by atoms with Gasteiger partial charge in [-0.05, 0) is 39.8 Å². The number of amides is 2. The van der Waals surface area contributed by atoms with E-state index < -0.39 is 28.7 Å². The first-order valence-corrected chi connectivity index (χ1v) is 8.42. The van der Waals surface area contributed by atoms with Crippen molar-refractivity contribution in [3.05, 3.63) is 34.0 Å². The molecule has 0 aromatic carbocycles. The third kappa shape index (κ3) is 4.98. The molecule has 0 radical (unpaired) electrons. The molecule has 0 saturated carbocycles. The number of nitrogens with zero attached hydrogens (tertiary/aromatic N) is 2. The van der Waals surface area contributed by atoms with Crippen LogP contribution in [0.5, 0.6) is 0 Å². The van der Waals surface area contributed by atoms with Crippen LogP contribution >= 0.6 is 11.6 Å². The molecule has 27 heavy (non-hydrogen) atoms. The van der Waals surface area contributed by atoms with Gasteiger partial charge in [-0.1, -0.05) is 11.6 Å². The molecular formula is C17H19ClF3N3O3. The summed E-state index contributed by atoms with van der Waals surface area (Å²) < 4.78 is 43.8. The molecule has 1 aromatic heterocycles. The third-order valence-electron chi connectivity index (χ3n) is 3.71. The number of nitrogens with one attached hydrogen (secondary N) is 1. The van der Waals surface area contributed by atoms with Crippen molar-refractivity contribution in [1.29, 1.82) is 0 Å². The SMILES string of the molecule is CC1=C(CCOC(C)(C)C)C(=O)N(Nc2ccc(C(F)(F)F)c(Cl)n2)C1=O.